The average molecular weight is 433 g/mol. The van der Waals surface area contributed by atoms with E-state index in [1.807, 2.05) is 38.1 Å². The molecule has 1 aromatic carbocycles. The number of nitrogens with one attached hydrogen (secondary N) is 2. The lowest BCUT2D eigenvalue weighted by Gasteiger charge is -2.16. The van der Waals surface area contributed by atoms with E-state index >= 15 is 0 Å². The van der Waals surface area contributed by atoms with Crippen LogP contribution in [0.15, 0.2) is 29.3 Å². The fourth-order valence-electron chi connectivity index (χ4n) is 3.79. The normalized spacial score (nSPS) is 19.7. The van der Waals surface area contributed by atoms with Crippen molar-refractivity contribution in [3.63, 3.8) is 0 Å². The highest BCUT2D eigenvalue weighted by atomic mass is 16.5. The smallest absolute Gasteiger partial charge is 0.195 e. The van der Waals surface area contributed by atoms with Gasteiger partial charge >= 0.3 is 0 Å². The van der Waals surface area contributed by atoms with Gasteiger partial charge in [-0.05, 0) is 76.3 Å². The molecule has 1 heterocycles. The van der Waals surface area contributed by atoms with E-state index in [1.165, 1.54) is 32.4 Å². The first kappa shape index (κ1) is 23.8. The Hall–Kier alpha value is -1.83. The van der Waals surface area contributed by atoms with E-state index in [9.17, 15) is 0 Å². The highest BCUT2D eigenvalue weighted by Crippen LogP contribution is 2.31. The third-order valence-electron chi connectivity index (χ3n) is 5.57. The number of ether oxygens (including phenoxy) is 3. The van der Waals surface area contributed by atoms with Crippen LogP contribution in [-0.4, -0.2) is 76.1 Å². The van der Waals surface area contributed by atoms with E-state index in [0.29, 0.717) is 25.7 Å². The lowest BCUT2D eigenvalue weighted by molar-refractivity contribution is 0.0699. The Morgan fingerprint density at radius 3 is 2.65 bits per heavy atom. The number of aliphatic imine (C=N–C) groups is 1. The van der Waals surface area contributed by atoms with E-state index in [-0.39, 0.29) is 6.10 Å². The molecule has 2 aliphatic rings. The number of rotatable bonds is 13. The zero-order valence-corrected chi connectivity index (χ0v) is 19.4. The van der Waals surface area contributed by atoms with E-state index in [4.69, 9.17) is 19.2 Å². The molecule has 7 nitrogen and oxygen atoms in total. The summed E-state index contributed by atoms with van der Waals surface area (Å²) in [5, 5.41) is 6.91. The SMILES string of the molecule is COCCOCCCNC(=NCC1CCN(C2CC2)C1)Nc1ccc(OC(C)C)cc1. The maximum absolute atomic E-state index is 5.74. The van der Waals surface area contributed by atoms with Crippen LogP contribution in [0.5, 0.6) is 5.75 Å². The van der Waals surface area contributed by atoms with Crippen LogP contribution in [0, 0.1) is 5.92 Å². The van der Waals surface area contributed by atoms with Gasteiger partial charge in [0.15, 0.2) is 5.96 Å². The van der Waals surface area contributed by atoms with E-state index in [0.717, 1.165) is 42.9 Å². The summed E-state index contributed by atoms with van der Waals surface area (Å²) in [7, 11) is 1.69. The summed E-state index contributed by atoms with van der Waals surface area (Å²) in [5.74, 6) is 2.36. The second kappa shape index (κ2) is 12.9. The van der Waals surface area contributed by atoms with Crippen molar-refractivity contribution >= 4 is 11.6 Å². The Bertz CT molecular complexity index is 661. The van der Waals surface area contributed by atoms with Gasteiger partial charge in [0, 0.05) is 45.1 Å². The van der Waals surface area contributed by atoms with Gasteiger partial charge in [0.1, 0.15) is 5.75 Å². The average Bonchev–Trinajstić information content (AvgIpc) is 3.50. The van der Waals surface area contributed by atoms with Crippen LogP contribution >= 0.6 is 0 Å². The van der Waals surface area contributed by atoms with Crippen molar-refractivity contribution in [1.82, 2.24) is 10.2 Å². The molecule has 1 saturated heterocycles. The lowest BCUT2D eigenvalue weighted by atomic mass is 10.1. The van der Waals surface area contributed by atoms with E-state index in [1.54, 1.807) is 7.11 Å². The van der Waals surface area contributed by atoms with Gasteiger partial charge in [-0.1, -0.05) is 0 Å². The maximum Gasteiger partial charge on any atom is 0.195 e. The quantitative estimate of drug-likeness (QED) is 0.283. The van der Waals surface area contributed by atoms with Crippen LogP contribution in [0.25, 0.3) is 0 Å². The molecule has 1 saturated carbocycles. The Morgan fingerprint density at radius 2 is 1.94 bits per heavy atom. The molecular weight excluding hydrogens is 392 g/mol. The number of anilines is 1. The first-order valence-corrected chi connectivity index (χ1v) is 11.8. The molecule has 1 aliphatic carbocycles. The van der Waals surface area contributed by atoms with Gasteiger partial charge < -0.3 is 29.7 Å². The Kier molecular flexibility index (Phi) is 9.90. The predicted molar refractivity (Wildman–Crippen MR) is 126 cm³/mol. The molecule has 0 radical (unpaired) electrons. The number of likely N-dealkylation sites (tertiary alicyclic amines) is 1. The molecule has 1 unspecified atom stereocenters. The minimum atomic E-state index is 0.172. The molecular formula is C24H40N4O3. The van der Waals surface area contributed by atoms with Crippen molar-refractivity contribution in [2.24, 2.45) is 10.9 Å². The molecule has 7 heteroatoms. The van der Waals surface area contributed by atoms with Gasteiger partial charge in [-0.3, -0.25) is 4.99 Å². The van der Waals surface area contributed by atoms with E-state index in [2.05, 4.69) is 15.5 Å². The van der Waals surface area contributed by atoms with Gasteiger partial charge in [0.2, 0.25) is 0 Å². The zero-order valence-electron chi connectivity index (χ0n) is 19.4. The number of guanidine groups is 1. The summed E-state index contributed by atoms with van der Waals surface area (Å²) < 4.78 is 16.3. The molecule has 0 amide bonds. The van der Waals surface area contributed by atoms with Gasteiger partial charge in [-0.25, -0.2) is 0 Å². The highest BCUT2D eigenvalue weighted by Gasteiger charge is 2.34. The zero-order chi connectivity index (χ0) is 21.9. The minimum Gasteiger partial charge on any atom is -0.491 e. The molecule has 31 heavy (non-hydrogen) atoms. The second-order valence-electron chi connectivity index (χ2n) is 8.77. The van der Waals surface area contributed by atoms with Gasteiger partial charge in [-0.2, -0.15) is 0 Å². The Labute approximate surface area is 187 Å². The summed E-state index contributed by atoms with van der Waals surface area (Å²) in [6.07, 6.45) is 5.11. The third-order valence-corrected chi connectivity index (χ3v) is 5.57. The van der Waals surface area contributed by atoms with Crippen LogP contribution in [0.3, 0.4) is 0 Å². The molecule has 2 fully saturated rings. The first-order valence-electron chi connectivity index (χ1n) is 11.8. The molecule has 1 aliphatic heterocycles. The van der Waals surface area contributed by atoms with Crippen LogP contribution in [0.4, 0.5) is 5.69 Å². The third kappa shape index (κ3) is 9.05. The summed E-state index contributed by atoms with van der Waals surface area (Å²) in [4.78, 5) is 7.55. The van der Waals surface area contributed by atoms with Crippen molar-refractivity contribution in [3.05, 3.63) is 24.3 Å². The Balaban J connectivity index is 1.49. The van der Waals surface area contributed by atoms with Gasteiger partial charge in [0.25, 0.3) is 0 Å². The molecule has 3 rings (SSSR count). The predicted octanol–water partition coefficient (Wildman–Crippen LogP) is 3.37. The molecule has 1 atom stereocenters. The standard InChI is InChI=1S/C24H40N4O3/c1-19(2)31-23-9-5-21(6-10-23)27-24(25-12-4-14-30-16-15-29-3)26-17-20-11-13-28(18-20)22-7-8-22/h5-6,9-10,19-20,22H,4,7-8,11-18H2,1-3H3,(H2,25,26,27). The van der Waals surface area contributed by atoms with Crippen LogP contribution in [0.1, 0.15) is 39.5 Å². The van der Waals surface area contributed by atoms with Gasteiger partial charge in [0.05, 0.1) is 19.3 Å². The molecule has 0 bridgehead atoms. The summed E-state index contributed by atoms with van der Waals surface area (Å²) in [5.41, 5.74) is 1.00. The van der Waals surface area contributed by atoms with Gasteiger partial charge in [-0.15, -0.1) is 0 Å². The molecule has 0 aromatic heterocycles. The minimum absolute atomic E-state index is 0.172. The molecule has 1 aromatic rings. The topological polar surface area (TPSA) is 67.4 Å². The molecule has 0 spiro atoms. The second-order valence-corrected chi connectivity index (χ2v) is 8.77. The largest absolute Gasteiger partial charge is 0.491 e. The van der Waals surface area contributed by atoms with Crippen molar-refractivity contribution in [2.45, 2.75) is 51.7 Å². The number of methoxy groups -OCH3 is 1. The molecule has 2 N–H and O–H groups in total. The van der Waals surface area contributed by atoms with Crippen molar-refractivity contribution in [2.75, 3.05) is 58.4 Å². The number of hydrogen-bond acceptors (Lipinski definition) is 5. The molecule has 174 valence electrons. The lowest BCUT2D eigenvalue weighted by Crippen LogP contribution is -2.33. The number of benzene rings is 1. The van der Waals surface area contributed by atoms with Crippen LogP contribution < -0.4 is 15.4 Å². The fraction of sp³-hybridized carbons (Fsp3) is 0.708. The summed E-state index contributed by atoms with van der Waals surface area (Å²) >= 11 is 0. The Morgan fingerprint density at radius 1 is 1.13 bits per heavy atom. The number of hydrogen-bond donors (Lipinski definition) is 2. The number of nitrogens with zero attached hydrogens (tertiary/aromatic N) is 2. The van der Waals surface area contributed by atoms with Crippen molar-refractivity contribution in [3.8, 4) is 5.75 Å². The highest BCUT2D eigenvalue weighted by molar-refractivity contribution is 5.93. The summed E-state index contributed by atoms with van der Waals surface area (Å²) in [6, 6.07) is 8.91. The van der Waals surface area contributed by atoms with Crippen LogP contribution in [0.2, 0.25) is 0 Å². The summed E-state index contributed by atoms with van der Waals surface area (Å²) in [6.45, 7) is 10.2. The van der Waals surface area contributed by atoms with E-state index < -0.39 is 0 Å². The van der Waals surface area contributed by atoms with Crippen LogP contribution in [-0.2, 0) is 9.47 Å². The van der Waals surface area contributed by atoms with Crippen molar-refractivity contribution in [1.29, 1.82) is 0 Å². The monoisotopic (exact) mass is 432 g/mol. The van der Waals surface area contributed by atoms with Crippen molar-refractivity contribution < 1.29 is 14.2 Å². The first-order chi connectivity index (χ1) is 15.1. The maximum atomic E-state index is 5.74. The fourth-order valence-corrected chi connectivity index (χ4v) is 3.79.